The zero-order valence-electron chi connectivity index (χ0n) is 14.4. The molecule has 0 unspecified atom stereocenters. The quantitative estimate of drug-likeness (QED) is 0.803. The van der Waals surface area contributed by atoms with Gasteiger partial charge < -0.3 is 4.90 Å². The van der Waals surface area contributed by atoms with Crippen molar-refractivity contribution in [3.63, 3.8) is 0 Å². The second-order valence-electron chi connectivity index (χ2n) is 6.40. The van der Waals surface area contributed by atoms with E-state index >= 15 is 0 Å². The number of halogens is 1. The maximum absolute atomic E-state index is 13.0. The van der Waals surface area contributed by atoms with E-state index in [1.165, 1.54) is 18.5 Å². The minimum absolute atomic E-state index is 0.206. The van der Waals surface area contributed by atoms with Crippen molar-refractivity contribution < 1.29 is 9.18 Å². The summed E-state index contributed by atoms with van der Waals surface area (Å²) >= 11 is 0. The number of hydrogen-bond acceptors (Lipinski definition) is 4. The summed E-state index contributed by atoms with van der Waals surface area (Å²) in [6.45, 7) is 4.89. The summed E-state index contributed by atoms with van der Waals surface area (Å²) in [5, 5.41) is 4.05. The molecule has 2 aromatic rings. The van der Waals surface area contributed by atoms with Crippen LogP contribution in [0.3, 0.4) is 0 Å². The summed E-state index contributed by atoms with van der Waals surface area (Å²) in [5.41, 5.74) is 1.11. The largest absolute Gasteiger partial charge is 0.341 e. The molecule has 1 saturated heterocycles. The molecule has 0 bridgehead atoms. The molecule has 0 aliphatic carbocycles. The van der Waals surface area contributed by atoms with Crippen molar-refractivity contribution in [2.45, 2.75) is 32.4 Å². The van der Waals surface area contributed by atoms with Crippen LogP contribution in [-0.2, 0) is 17.9 Å². The number of amides is 1. The molecule has 2 heterocycles. The Balaban J connectivity index is 1.42. The van der Waals surface area contributed by atoms with E-state index in [1.54, 1.807) is 11.0 Å². The van der Waals surface area contributed by atoms with E-state index in [9.17, 15) is 9.18 Å². The molecule has 1 aliphatic heterocycles. The second kappa shape index (κ2) is 8.71. The summed E-state index contributed by atoms with van der Waals surface area (Å²) in [6.07, 6.45) is 5.46. The number of aromatic nitrogens is 3. The standard InChI is InChI=1S/C18H24FN5O/c19-17-6-4-16(5-7-17)13-22-8-2-9-23(12-11-22)18(25)3-1-10-24-15-20-14-21-24/h4-7,14-15H,1-3,8-13H2. The lowest BCUT2D eigenvalue weighted by Gasteiger charge is -2.22. The zero-order valence-corrected chi connectivity index (χ0v) is 14.4. The van der Waals surface area contributed by atoms with Crippen LogP contribution in [0.15, 0.2) is 36.9 Å². The third-order valence-electron chi connectivity index (χ3n) is 4.51. The predicted octanol–water partition coefficient (Wildman–Crippen LogP) is 1.93. The Morgan fingerprint density at radius 1 is 1.12 bits per heavy atom. The van der Waals surface area contributed by atoms with Crippen molar-refractivity contribution in [1.82, 2.24) is 24.6 Å². The van der Waals surface area contributed by atoms with Crippen molar-refractivity contribution in [3.8, 4) is 0 Å². The highest BCUT2D eigenvalue weighted by Crippen LogP contribution is 2.11. The van der Waals surface area contributed by atoms with Crippen LogP contribution >= 0.6 is 0 Å². The van der Waals surface area contributed by atoms with Gasteiger partial charge in [0.05, 0.1) is 0 Å². The van der Waals surface area contributed by atoms with Gasteiger partial charge in [0.1, 0.15) is 18.5 Å². The molecule has 0 atom stereocenters. The first-order valence-electron chi connectivity index (χ1n) is 8.78. The first kappa shape index (κ1) is 17.5. The van der Waals surface area contributed by atoms with Gasteiger partial charge in [0, 0.05) is 45.7 Å². The number of rotatable bonds is 6. The third kappa shape index (κ3) is 5.35. The Morgan fingerprint density at radius 2 is 1.96 bits per heavy atom. The minimum atomic E-state index is -0.206. The smallest absolute Gasteiger partial charge is 0.222 e. The van der Waals surface area contributed by atoms with E-state index in [2.05, 4.69) is 15.0 Å². The Kier molecular flexibility index (Phi) is 6.11. The molecule has 25 heavy (non-hydrogen) atoms. The number of carbonyl (C=O) groups excluding carboxylic acids is 1. The van der Waals surface area contributed by atoms with Gasteiger partial charge in [-0.1, -0.05) is 12.1 Å². The topological polar surface area (TPSA) is 54.3 Å². The van der Waals surface area contributed by atoms with Crippen LogP contribution in [0.2, 0.25) is 0 Å². The molecular weight excluding hydrogens is 321 g/mol. The fraction of sp³-hybridized carbons (Fsp3) is 0.500. The lowest BCUT2D eigenvalue weighted by molar-refractivity contribution is -0.131. The van der Waals surface area contributed by atoms with Crippen LogP contribution in [0.1, 0.15) is 24.8 Å². The van der Waals surface area contributed by atoms with Gasteiger partial charge in [0.2, 0.25) is 5.91 Å². The average molecular weight is 345 g/mol. The lowest BCUT2D eigenvalue weighted by atomic mass is 10.2. The molecular formula is C18H24FN5O. The van der Waals surface area contributed by atoms with Gasteiger partial charge in [-0.05, 0) is 30.5 Å². The highest BCUT2D eigenvalue weighted by atomic mass is 19.1. The maximum Gasteiger partial charge on any atom is 0.222 e. The first-order valence-corrected chi connectivity index (χ1v) is 8.78. The summed E-state index contributed by atoms with van der Waals surface area (Å²) in [4.78, 5) is 20.6. The van der Waals surface area contributed by atoms with Gasteiger partial charge in [-0.15, -0.1) is 0 Å². The molecule has 1 fully saturated rings. The van der Waals surface area contributed by atoms with Crippen molar-refractivity contribution in [3.05, 3.63) is 48.3 Å². The molecule has 0 N–H and O–H groups in total. The van der Waals surface area contributed by atoms with Crippen LogP contribution in [-0.4, -0.2) is 56.7 Å². The van der Waals surface area contributed by atoms with Gasteiger partial charge in [-0.25, -0.2) is 9.37 Å². The third-order valence-corrected chi connectivity index (χ3v) is 4.51. The molecule has 1 amide bonds. The van der Waals surface area contributed by atoms with E-state index in [-0.39, 0.29) is 11.7 Å². The van der Waals surface area contributed by atoms with Gasteiger partial charge in [-0.2, -0.15) is 5.10 Å². The monoisotopic (exact) mass is 345 g/mol. The summed E-state index contributed by atoms with van der Waals surface area (Å²) in [6, 6.07) is 6.65. The van der Waals surface area contributed by atoms with E-state index in [4.69, 9.17) is 0 Å². The van der Waals surface area contributed by atoms with E-state index in [0.29, 0.717) is 6.42 Å². The Morgan fingerprint density at radius 3 is 2.72 bits per heavy atom. The Labute approximate surface area is 147 Å². The zero-order chi connectivity index (χ0) is 17.5. The SMILES string of the molecule is O=C(CCCn1cncn1)N1CCCN(Cc2ccc(F)cc2)CC1. The number of benzene rings is 1. The van der Waals surface area contributed by atoms with Gasteiger partial charge in [0.15, 0.2) is 0 Å². The molecule has 134 valence electrons. The summed E-state index contributed by atoms with van der Waals surface area (Å²) in [7, 11) is 0. The number of aryl methyl sites for hydroxylation is 1. The molecule has 1 aliphatic rings. The Bertz CT molecular complexity index is 659. The highest BCUT2D eigenvalue weighted by molar-refractivity contribution is 5.76. The van der Waals surface area contributed by atoms with Gasteiger partial charge >= 0.3 is 0 Å². The van der Waals surface area contributed by atoms with Crippen LogP contribution in [0, 0.1) is 5.82 Å². The molecule has 3 rings (SSSR count). The predicted molar refractivity (Wildman–Crippen MR) is 92.1 cm³/mol. The van der Waals surface area contributed by atoms with E-state index in [0.717, 1.165) is 57.7 Å². The van der Waals surface area contributed by atoms with E-state index < -0.39 is 0 Å². The van der Waals surface area contributed by atoms with Gasteiger partial charge in [0.25, 0.3) is 0 Å². The van der Waals surface area contributed by atoms with Crippen LogP contribution in [0.5, 0.6) is 0 Å². The fourth-order valence-electron chi connectivity index (χ4n) is 3.13. The summed E-state index contributed by atoms with van der Waals surface area (Å²) in [5.74, 6) is 0.00558. The van der Waals surface area contributed by atoms with Crippen molar-refractivity contribution >= 4 is 5.91 Å². The average Bonchev–Trinajstić information content (AvgIpc) is 3.02. The lowest BCUT2D eigenvalue weighted by Crippen LogP contribution is -2.35. The normalized spacial score (nSPS) is 16.0. The number of hydrogen-bond donors (Lipinski definition) is 0. The second-order valence-corrected chi connectivity index (χ2v) is 6.40. The van der Waals surface area contributed by atoms with Crippen molar-refractivity contribution in [2.24, 2.45) is 0 Å². The molecule has 6 nitrogen and oxygen atoms in total. The molecule has 0 radical (unpaired) electrons. The first-order chi connectivity index (χ1) is 12.2. The molecule has 1 aromatic heterocycles. The van der Waals surface area contributed by atoms with E-state index in [1.807, 2.05) is 17.0 Å². The number of carbonyl (C=O) groups is 1. The Hall–Kier alpha value is -2.28. The minimum Gasteiger partial charge on any atom is -0.341 e. The summed E-state index contributed by atoms with van der Waals surface area (Å²) < 4.78 is 14.7. The maximum atomic E-state index is 13.0. The van der Waals surface area contributed by atoms with Crippen molar-refractivity contribution in [1.29, 1.82) is 0 Å². The highest BCUT2D eigenvalue weighted by Gasteiger charge is 2.18. The van der Waals surface area contributed by atoms with Crippen molar-refractivity contribution in [2.75, 3.05) is 26.2 Å². The van der Waals surface area contributed by atoms with Crippen LogP contribution < -0.4 is 0 Å². The van der Waals surface area contributed by atoms with Crippen LogP contribution in [0.25, 0.3) is 0 Å². The molecule has 1 aromatic carbocycles. The fourth-order valence-corrected chi connectivity index (χ4v) is 3.13. The molecule has 0 spiro atoms. The van der Waals surface area contributed by atoms with Crippen LogP contribution in [0.4, 0.5) is 4.39 Å². The molecule has 0 saturated carbocycles. The number of nitrogens with zero attached hydrogens (tertiary/aromatic N) is 5. The van der Waals surface area contributed by atoms with Gasteiger partial charge in [-0.3, -0.25) is 14.4 Å². The molecule has 7 heteroatoms.